The molecule has 0 fully saturated rings. The summed E-state index contributed by atoms with van der Waals surface area (Å²) in [6.45, 7) is 1.76. The van der Waals surface area contributed by atoms with E-state index in [4.69, 9.17) is 13.9 Å². The lowest BCUT2D eigenvalue weighted by Crippen LogP contribution is -2.10. The number of amides is 1. The molecule has 0 bridgehead atoms. The number of carbonyl (C=O) groups is 1. The maximum Gasteiger partial charge on any atom is 0.224 e. The second-order valence-corrected chi connectivity index (χ2v) is 5.66. The van der Waals surface area contributed by atoms with Gasteiger partial charge < -0.3 is 19.2 Å². The molecule has 0 aliphatic carbocycles. The van der Waals surface area contributed by atoms with Gasteiger partial charge in [-0.05, 0) is 36.4 Å². The van der Waals surface area contributed by atoms with Gasteiger partial charge in [0.25, 0.3) is 0 Å². The molecule has 3 aromatic rings. The summed E-state index contributed by atoms with van der Waals surface area (Å²) in [7, 11) is 3.10. The molecule has 0 radical (unpaired) electrons. The first-order valence-corrected chi connectivity index (χ1v) is 8.16. The number of methoxy groups -OCH3 is 2. The lowest BCUT2D eigenvalue weighted by atomic mass is 10.1. The normalized spacial score (nSPS) is 10.6. The number of ether oxygens (including phenoxy) is 2. The fourth-order valence-electron chi connectivity index (χ4n) is 2.62. The van der Waals surface area contributed by atoms with Crippen LogP contribution in [0, 0.1) is 0 Å². The lowest BCUT2D eigenvalue weighted by molar-refractivity contribution is -0.115. The van der Waals surface area contributed by atoms with Crippen molar-refractivity contribution in [1.82, 2.24) is 0 Å². The van der Waals surface area contributed by atoms with Crippen LogP contribution in [0.5, 0.6) is 11.5 Å². The van der Waals surface area contributed by atoms with Gasteiger partial charge in [-0.15, -0.1) is 0 Å². The summed E-state index contributed by atoms with van der Waals surface area (Å²) >= 11 is 0. The molecule has 1 amide bonds. The third-order valence-electron chi connectivity index (χ3n) is 4.00. The monoisotopic (exact) mass is 353 g/mol. The van der Waals surface area contributed by atoms with Crippen molar-refractivity contribution in [3.05, 3.63) is 52.7 Å². The SMILES string of the molecule is CCC(=O)Nc1ccc2oc(-c3ccc(OC)c(OC)c3)cc(=O)c2c1. The van der Waals surface area contributed by atoms with Gasteiger partial charge in [0.05, 0.1) is 19.6 Å². The second-order valence-electron chi connectivity index (χ2n) is 5.66. The smallest absolute Gasteiger partial charge is 0.224 e. The summed E-state index contributed by atoms with van der Waals surface area (Å²) in [4.78, 5) is 24.0. The largest absolute Gasteiger partial charge is 0.493 e. The summed E-state index contributed by atoms with van der Waals surface area (Å²) in [6, 6.07) is 11.7. The number of hydrogen-bond acceptors (Lipinski definition) is 5. The van der Waals surface area contributed by atoms with Gasteiger partial charge in [0.15, 0.2) is 16.9 Å². The van der Waals surface area contributed by atoms with Crippen LogP contribution in [0.2, 0.25) is 0 Å². The molecule has 0 aliphatic rings. The third kappa shape index (κ3) is 3.39. The average molecular weight is 353 g/mol. The molecule has 0 saturated carbocycles. The summed E-state index contributed by atoms with van der Waals surface area (Å²) in [5, 5.41) is 3.14. The Kier molecular flexibility index (Phi) is 4.93. The molecule has 6 nitrogen and oxygen atoms in total. The molecule has 0 saturated heterocycles. The van der Waals surface area contributed by atoms with Crippen molar-refractivity contribution in [3.8, 4) is 22.8 Å². The topological polar surface area (TPSA) is 77.8 Å². The van der Waals surface area contributed by atoms with E-state index >= 15 is 0 Å². The van der Waals surface area contributed by atoms with Gasteiger partial charge in [0.1, 0.15) is 11.3 Å². The molecule has 1 aromatic heterocycles. The molecule has 0 spiro atoms. The summed E-state index contributed by atoms with van der Waals surface area (Å²) in [6.07, 6.45) is 0.366. The molecule has 2 aromatic carbocycles. The zero-order chi connectivity index (χ0) is 18.7. The van der Waals surface area contributed by atoms with Gasteiger partial charge in [-0.2, -0.15) is 0 Å². The van der Waals surface area contributed by atoms with E-state index in [1.165, 1.54) is 6.07 Å². The summed E-state index contributed by atoms with van der Waals surface area (Å²) < 4.78 is 16.4. The number of anilines is 1. The number of rotatable bonds is 5. The van der Waals surface area contributed by atoms with Crippen molar-refractivity contribution in [2.45, 2.75) is 13.3 Å². The maximum atomic E-state index is 12.5. The van der Waals surface area contributed by atoms with Crippen molar-refractivity contribution in [2.24, 2.45) is 0 Å². The minimum atomic E-state index is -0.191. The van der Waals surface area contributed by atoms with E-state index in [-0.39, 0.29) is 11.3 Å². The van der Waals surface area contributed by atoms with Gasteiger partial charge in [-0.25, -0.2) is 0 Å². The predicted octanol–water partition coefficient (Wildman–Crippen LogP) is 3.83. The number of benzene rings is 2. The van der Waals surface area contributed by atoms with Crippen LogP contribution in [0.15, 0.2) is 51.7 Å². The zero-order valence-corrected chi connectivity index (χ0v) is 14.8. The average Bonchev–Trinajstić information content (AvgIpc) is 2.67. The van der Waals surface area contributed by atoms with Crippen LogP contribution in [0.1, 0.15) is 13.3 Å². The fraction of sp³-hybridized carbons (Fsp3) is 0.200. The van der Waals surface area contributed by atoms with E-state index in [0.29, 0.717) is 45.9 Å². The first kappa shape index (κ1) is 17.5. The number of nitrogens with one attached hydrogen (secondary N) is 1. The van der Waals surface area contributed by atoms with Crippen LogP contribution in [-0.4, -0.2) is 20.1 Å². The van der Waals surface area contributed by atoms with Crippen molar-refractivity contribution in [2.75, 3.05) is 19.5 Å². The van der Waals surface area contributed by atoms with Crippen LogP contribution in [-0.2, 0) is 4.79 Å². The molecule has 3 rings (SSSR count). The molecule has 6 heteroatoms. The van der Waals surface area contributed by atoms with E-state index in [2.05, 4.69) is 5.32 Å². The molecule has 1 heterocycles. The van der Waals surface area contributed by atoms with Crippen LogP contribution >= 0.6 is 0 Å². The molecule has 0 atom stereocenters. The Labute approximate surface area is 150 Å². The van der Waals surface area contributed by atoms with Crippen molar-refractivity contribution >= 4 is 22.6 Å². The molecular formula is C20H19NO5. The van der Waals surface area contributed by atoms with Gasteiger partial charge in [0.2, 0.25) is 5.91 Å². The standard InChI is InChI=1S/C20H19NO5/c1-4-20(23)21-13-6-8-16-14(10-13)15(22)11-18(26-16)12-5-7-17(24-2)19(9-12)25-3/h5-11H,4H2,1-3H3,(H,21,23). The zero-order valence-electron chi connectivity index (χ0n) is 14.8. The Morgan fingerprint density at radius 3 is 2.50 bits per heavy atom. The Hall–Kier alpha value is -3.28. The molecule has 0 aliphatic heterocycles. The maximum absolute atomic E-state index is 12.5. The highest BCUT2D eigenvalue weighted by molar-refractivity contribution is 5.93. The van der Waals surface area contributed by atoms with Gasteiger partial charge in [-0.3, -0.25) is 9.59 Å². The molecule has 134 valence electrons. The first-order chi connectivity index (χ1) is 12.5. The minimum Gasteiger partial charge on any atom is -0.493 e. The van der Waals surface area contributed by atoms with Crippen LogP contribution in [0.25, 0.3) is 22.3 Å². The highest BCUT2D eigenvalue weighted by atomic mass is 16.5. The predicted molar refractivity (Wildman–Crippen MR) is 99.9 cm³/mol. The van der Waals surface area contributed by atoms with E-state index < -0.39 is 0 Å². The Morgan fingerprint density at radius 2 is 1.81 bits per heavy atom. The quantitative estimate of drug-likeness (QED) is 0.754. The van der Waals surface area contributed by atoms with E-state index in [1.54, 1.807) is 57.5 Å². The number of carbonyl (C=O) groups excluding carboxylic acids is 1. The fourth-order valence-corrected chi connectivity index (χ4v) is 2.62. The Bertz CT molecular complexity index is 1020. The third-order valence-corrected chi connectivity index (χ3v) is 4.00. The minimum absolute atomic E-state index is 0.115. The highest BCUT2D eigenvalue weighted by Crippen LogP contribution is 2.32. The van der Waals surface area contributed by atoms with Crippen LogP contribution < -0.4 is 20.2 Å². The summed E-state index contributed by atoms with van der Waals surface area (Å²) in [5.74, 6) is 1.45. The number of fused-ring (bicyclic) bond motifs is 1. The van der Waals surface area contributed by atoms with Crippen molar-refractivity contribution in [1.29, 1.82) is 0 Å². The van der Waals surface area contributed by atoms with E-state index in [0.717, 1.165) is 0 Å². The second kappa shape index (κ2) is 7.31. The van der Waals surface area contributed by atoms with Gasteiger partial charge in [0, 0.05) is 23.7 Å². The Morgan fingerprint density at radius 1 is 1.04 bits per heavy atom. The van der Waals surface area contributed by atoms with E-state index in [1.807, 2.05) is 0 Å². The van der Waals surface area contributed by atoms with Crippen molar-refractivity contribution in [3.63, 3.8) is 0 Å². The first-order valence-electron chi connectivity index (χ1n) is 8.16. The number of hydrogen-bond donors (Lipinski definition) is 1. The van der Waals surface area contributed by atoms with Crippen LogP contribution in [0.4, 0.5) is 5.69 Å². The van der Waals surface area contributed by atoms with Gasteiger partial charge in [-0.1, -0.05) is 6.92 Å². The molecule has 26 heavy (non-hydrogen) atoms. The summed E-state index contributed by atoms with van der Waals surface area (Å²) in [5.41, 5.74) is 1.51. The van der Waals surface area contributed by atoms with Gasteiger partial charge >= 0.3 is 0 Å². The molecule has 1 N–H and O–H groups in total. The lowest BCUT2D eigenvalue weighted by Gasteiger charge is -2.10. The Balaban J connectivity index is 2.05. The molecular weight excluding hydrogens is 334 g/mol. The highest BCUT2D eigenvalue weighted by Gasteiger charge is 2.11. The van der Waals surface area contributed by atoms with Crippen LogP contribution in [0.3, 0.4) is 0 Å². The van der Waals surface area contributed by atoms with E-state index in [9.17, 15) is 9.59 Å². The molecule has 0 unspecified atom stereocenters. The van der Waals surface area contributed by atoms with Crippen molar-refractivity contribution < 1.29 is 18.7 Å².